The molecule has 1 aliphatic heterocycles. The fourth-order valence-electron chi connectivity index (χ4n) is 2.19. The molecule has 0 bridgehead atoms. The van der Waals surface area contributed by atoms with Crippen LogP contribution >= 0.6 is 24.4 Å². The average Bonchev–Trinajstić information content (AvgIpc) is 2.63. The minimum atomic E-state index is 0.793. The molecular formula is C15H11NS2. The Bertz CT molecular complexity index is 626. The van der Waals surface area contributed by atoms with Gasteiger partial charge in [0.05, 0.1) is 0 Å². The van der Waals surface area contributed by atoms with E-state index < -0.39 is 0 Å². The van der Waals surface area contributed by atoms with Crippen molar-refractivity contribution in [2.24, 2.45) is 0 Å². The van der Waals surface area contributed by atoms with E-state index in [1.807, 2.05) is 41.3 Å². The van der Waals surface area contributed by atoms with Gasteiger partial charge in [0.2, 0.25) is 0 Å². The third-order valence-electron chi connectivity index (χ3n) is 3.05. The van der Waals surface area contributed by atoms with Crippen molar-refractivity contribution in [3.8, 4) is 0 Å². The van der Waals surface area contributed by atoms with Crippen LogP contribution in [-0.2, 0) is 0 Å². The van der Waals surface area contributed by atoms with E-state index in [4.69, 9.17) is 24.4 Å². The van der Waals surface area contributed by atoms with E-state index in [0.717, 1.165) is 26.8 Å². The quantitative estimate of drug-likeness (QED) is 0.724. The van der Waals surface area contributed by atoms with Gasteiger partial charge in [-0.05, 0) is 24.6 Å². The Labute approximate surface area is 117 Å². The van der Waals surface area contributed by atoms with Crippen molar-refractivity contribution in [2.45, 2.75) is 6.92 Å². The van der Waals surface area contributed by atoms with Crippen LogP contribution in [0.25, 0.3) is 0 Å². The Morgan fingerprint density at radius 3 is 2.00 bits per heavy atom. The van der Waals surface area contributed by atoms with E-state index in [0.29, 0.717) is 0 Å². The van der Waals surface area contributed by atoms with Gasteiger partial charge in [0, 0.05) is 16.8 Å². The lowest BCUT2D eigenvalue weighted by Gasteiger charge is -2.18. The van der Waals surface area contributed by atoms with Crippen molar-refractivity contribution in [1.82, 2.24) is 0 Å². The number of benzene rings is 2. The summed E-state index contributed by atoms with van der Waals surface area (Å²) >= 11 is 11.1. The summed E-state index contributed by atoms with van der Waals surface area (Å²) in [7, 11) is 0. The molecule has 0 saturated heterocycles. The van der Waals surface area contributed by atoms with Crippen LogP contribution < -0.4 is 4.90 Å². The van der Waals surface area contributed by atoms with E-state index in [-0.39, 0.29) is 0 Å². The normalized spacial score (nSPS) is 13.9. The van der Waals surface area contributed by atoms with Gasteiger partial charge >= 0.3 is 0 Å². The van der Waals surface area contributed by atoms with Gasteiger partial charge in [-0.25, -0.2) is 0 Å². The van der Waals surface area contributed by atoms with Gasteiger partial charge < -0.3 is 0 Å². The number of anilines is 1. The van der Waals surface area contributed by atoms with E-state index in [9.17, 15) is 0 Å². The molecular weight excluding hydrogens is 258 g/mol. The molecule has 1 heterocycles. The zero-order valence-electron chi connectivity index (χ0n) is 9.88. The van der Waals surface area contributed by atoms with E-state index in [1.54, 1.807) is 0 Å². The van der Waals surface area contributed by atoms with Crippen molar-refractivity contribution in [3.05, 3.63) is 65.2 Å². The van der Waals surface area contributed by atoms with Crippen LogP contribution in [0.4, 0.5) is 5.69 Å². The summed E-state index contributed by atoms with van der Waals surface area (Å²) in [5.41, 5.74) is 4.35. The maximum atomic E-state index is 5.54. The molecule has 0 unspecified atom stereocenters. The molecule has 0 radical (unpaired) electrons. The SMILES string of the molecule is Cc1cccc(N2C(=S)c3ccccc3C2=S)c1. The fourth-order valence-corrected chi connectivity index (χ4v) is 3.00. The Morgan fingerprint density at radius 1 is 0.833 bits per heavy atom. The standard InChI is InChI=1S/C15H11NS2/c1-10-5-4-6-11(9-10)16-14(17)12-7-2-3-8-13(12)15(16)18/h2-9H,1H3. The largest absolute Gasteiger partial charge is 0.291 e. The third kappa shape index (κ3) is 1.67. The van der Waals surface area contributed by atoms with Gasteiger partial charge in [0.15, 0.2) is 0 Å². The van der Waals surface area contributed by atoms with Crippen LogP contribution in [-0.4, -0.2) is 9.98 Å². The average molecular weight is 269 g/mol. The van der Waals surface area contributed by atoms with Crippen molar-refractivity contribution in [1.29, 1.82) is 0 Å². The summed E-state index contributed by atoms with van der Waals surface area (Å²) in [5, 5.41) is 0. The fraction of sp³-hybridized carbons (Fsp3) is 0.0667. The van der Waals surface area contributed by atoms with Gasteiger partial charge in [0.25, 0.3) is 0 Å². The van der Waals surface area contributed by atoms with Gasteiger partial charge in [-0.3, -0.25) is 4.90 Å². The second-order valence-electron chi connectivity index (χ2n) is 4.33. The highest BCUT2D eigenvalue weighted by Crippen LogP contribution is 2.29. The lowest BCUT2D eigenvalue weighted by Crippen LogP contribution is -2.27. The molecule has 1 nitrogen and oxygen atoms in total. The van der Waals surface area contributed by atoms with Crippen LogP contribution in [0.5, 0.6) is 0 Å². The second kappa shape index (κ2) is 4.26. The number of rotatable bonds is 1. The van der Waals surface area contributed by atoms with Gasteiger partial charge in [-0.1, -0.05) is 60.8 Å². The summed E-state index contributed by atoms with van der Waals surface area (Å²) in [6.07, 6.45) is 0. The summed E-state index contributed by atoms with van der Waals surface area (Å²) in [6, 6.07) is 16.3. The first-order valence-electron chi connectivity index (χ1n) is 5.73. The minimum absolute atomic E-state index is 0.793. The maximum Gasteiger partial charge on any atom is 0.119 e. The van der Waals surface area contributed by atoms with Crippen LogP contribution in [0, 0.1) is 6.92 Å². The van der Waals surface area contributed by atoms with Crippen LogP contribution in [0.2, 0.25) is 0 Å². The predicted molar refractivity (Wildman–Crippen MR) is 83.5 cm³/mol. The van der Waals surface area contributed by atoms with Crippen molar-refractivity contribution in [3.63, 3.8) is 0 Å². The smallest absolute Gasteiger partial charge is 0.119 e. The minimum Gasteiger partial charge on any atom is -0.291 e. The number of nitrogens with zero attached hydrogens (tertiary/aromatic N) is 1. The zero-order chi connectivity index (χ0) is 12.7. The highest BCUT2D eigenvalue weighted by atomic mass is 32.1. The summed E-state index contributed by atoms with van der Waals surface area (Å²) in [6.45, 7) is 2.07. The summed E-state index contributed by atoms with van der Waals surface area (Å²) in [4.78, 5) is 3.56. The first-order chi connectivity index (χ1) is 8.68. The summed E-state index contributed by atoms with van der Waals surface area (Å²) in [5.74, 6) is 0. The molecule has 0 fully saturated rings. The molecule has 1 aliphatic rings. The van der Waals surface area contributed by atoms with Gasteiger partial charge in [-0.15, -0.1) is 0 Å². The molecule has 0 spiro atoms. The Kier molecular flexibility index (Phi) is 2.73. The van der Waals surface area contributed by atoms with Crippen LogP contribution in [0.1, 0.15) is 16.7 Å². The first kappa shape index (κ1) is 11.5. The van der Waals surface area contributed by atoms with Gasteiger partial charge in [0.1, 0.15) is 9.98 Å². The van der Waals surface area contributed by atoms with Crippen molar-refractivity contribution < 1.29 is 0 Å². The van der Waals surface area contributed by atoms with Crippen molar-refractivity contribution in [2.75, 3.05) is 4.90 Å². The number of thiocarbonyl (C=S) groups is 2. The second-order valence-corrected chi connectivity index (χ2v) is 5.10. The first-order valence-corrected chi connectivity index (χ1v) is 6.54. The zero-order valence-corrected chi connectivity index (χ0v) is 11.5. The molecule has 0 amide bonds. The highest BCUT2D eigenvalue weighted by Gasteiger charge is 2.29. The third-order valence-corrected chi connectivity index (χ3v) is 3.86. The van der Waals surface area contributed by atoms with E-state index >= 15 is 0 Å². The topological polar surface area (TPSA) is 3.24 Å². The molecule has 3 heteroatoms. The number of fused-ring (bicyclic) bond motifs is 1. The molecule has 2 aromatic rings. The lowest BCUT2D eigenvalue weighted by molar-refractivity contribution is 1.42. The van der Waals surface area contributed by atoms with Gasteiger partial charge in [-0.2, -0.15) is 0 Å². The molecule has 0 N–H and O–H groups in total. The molecule has 0 aliphatic carbocycles. The number of hydrogen-bond donors (Lipinski definition) is 0. The van der Waals surface area contributed by atoms with E-state index in [2.05, 4.69) is 19.1 Å². The Balaban J connectivity index is 2.12. The number of aryl methyl sites for hydroxylation is 1. The van der Waals surface area contributed by atoms with Crippen LogP contribution in [0.15, 0.2) is 48.5 Å². The molecule has 0 saturated carbocycles. The molecule has 0 atom stereocenters. The van der Waals surface area contributed by atoms with Crippen LogP contribution in [0.3, 0.4) is 0 Å². The maximum absolute atomic E-state index is 5.54. The lowest BCUT2D eigenvalue weighted by atomic mass is 10.1. The molecule has 18 heavy (non-hydrogen) atoms. The van der Waals surface area contributed by atoms with Crippen molar-refractivity contribution >= 4 is 40.1 Å². The molecule has 3 rings (SSSR count). The molecule has 88 valence electrons. The molecule has 0 aromatic heterocycles. The summed E-state index contributed by atoms with van der Waals surface area (Å²) < 4.78 is 0. The monoisotopic (exact) mass is 269 g/mol. The Morgan fingerprint density at radius 2 is 1.44 bits per heavy atom. The Hall–Kier alpha value is -1.58. The number of hydrogen-bond acceptors (Lipinski definition) is 2. The van der Waals surface area contributed by atoms with E-state index in [1.165, 1.54) is 5.56 Å². The highest BCUT2D eigenvalue weighted by molar-refractivity contribution is 7.83. The molecule has 2 aromatic carbocycles. The predicted octanol–water partition coefficient (Wildman–Crippen LogP) is 3.87.